The van der Waals surface area contributed by atoms with E-state index in [1.807, 2.05) is 18.2 Å². The van der Waals surface area contributed by atoms with Gasteiger partial charge in [-0.15, -0.1) is 0 Å². The van der Waals surface area contributed by atoms with Crippen LogP contribution >= 0.6 is 0 Å². The maximum absolute atomic E-state index is 12.3. The van der Waals surface area contributed by atoms with Gasteiger partial charge >= 0.3 is 0 Å². The first-order chi connectivity index (χ1) is 13.0. The number of carbonyl (C=O) groups is 1. The highest BCUT2D eigenvalue weighted by Gasteiger charge is 2.17. The zero-order chi connectivity index (χ0) is 19.4. The smallest absolute Gasteiger partial charge is 0.295 e. The van der Waals surface area contributed by atoms with Gasteiger partial charge in [-0.2, -0.15) is 10.2 Å². The third-order valence-electron chi connectivity index (χ3n) is 3.85. The number of rotatable bonds is 5. The summed E-state index contributed by atoms with van der Waals surface area (Å²) in [7, 11) is 1.51. The number of carbonyl (C=O) groups excluding carboxylic acids is 1. The zero-order valence-corrected chi connectivity index (χ0v) is 14.7. The molecule has 0 unspecified atom stereocenters. The summed E-state index contributed by atoms with van der Waals surface area (Å²) in [4.78, 5) is 12.3. The van der Waals surface area contributed by atoms with E-state index in [9.17, 15) is 15.0 Å². The van der Waals surface area contributed by atoms with E-state index >= 15 is 0 Å². The van der Waals surface area contributed by atoms with E-state index in [-0.39, 0.29) is 17.2 Å². The van der Waals surface area contributed by atoms with E-state index in [1.165, 1.54) is 24.1 Å². The second-order valence-corrected chi connectivity index (χ2v) is 5.66. The van der Waals surface area contributed by atoms with Crippen molar-refractivity contribution in [1.82, 2.24) is 15.2 Å². The minimum atomic E-state index is -0.677. The third-order valence-corrected chi connectivity index (χ3v) is 3.85. The summed E-state index contributed by atoms with van der Waals surface area (Å²) in [5.41, 5.74) is 3.64. The Labute approximate surface area is 155 Å². The van der Waals surface area contributed by atoms with E-state index in [1.54, 1.807) is 31.2 Å². The molecule has 8 nitrogen and oxygen atoms in total. The molecule has 1 aromatic heterocycles. The van der Waals surface area contributed by atoms with Gasteiger partial charge in [0, 0.05) is 5.56 Å². The molecule has 0 spiro atoms. The van der Waals surface area contributed by atoms with Crippen LogP contribution in [0.1, 0.15) is 23.0 Å². The zero-order valence-electron chi connectivity index (χ0n) is 14.7. The molecule has 138 valence electrons. The Kier molecular flexibility index (Phi) is 5.07. The lowest BCUT2D eigenvalue weighted by atomic mass is 10.1. The van der Waals surface area contributed by atoms with Crippen LogP contribution in [0.5, 0.6) is 17.2 Å². The minimum absolute atomic E-state index is 0.00232. The van der Waals surface area contributed by atoms with Gasteiger partial charge in [0.05, 0.1) is 24.7 Å². The number of hydrogen-bond donors (Lipinski definition) is 3. The molecule has 0 aliphatic heterocycles. The van der Waals surface area contributed by atoms with Crippen molar-refractivity contribution in [3.63, 3.8) is 0 Å². The molecule has 0 bridgehead atoms. The number of benzene rings is 2. The van der Waals surface area contributed by atoms with Crippen LogP contribution in [0, 0.1) is 0 Å². The number of phenolic OH excluding ortho intramolecular Hbond substituents is 1. The van der Waals surface area contributed by atoms with Gasteiger partial charge in [-0.1, -0.05) is 18.2 Å². The highest BCUT2D eigenvalue weighted by Crippen LogP contribution is 2.23. The van der Waals surface area contributed by atoms with Crippen molar-refractivity contribution in [3.8, 4) is 22.9 Å². The van der Waals surface area contributed by atoms with Gasteiger partial charge < -0.3 is 14.9 Å². The molecule has 0 saturated heterocycles. The van der Waals surface area contributed by atoms with Crippen LogP contribution in [0.25, 0.3) is 5.69 Å². The van der Waals surface area contributed by atoms with Crippen LogP contribution in [-0.4, -0.2) is 38.7 Å². The van der Waals surface area contributed by atoms with Crippen LogP contribution in [-0.2, 0) is 0 Å². The Balaban J connectivity index is 1.80. The van der Waals surface area contributed by atoms with Gasteiger partial charge in [0.1, 0.15) is 11.5 Å². The Morgan fingerprint density at radius 3 is 2.59 bits per heavy atom. The normalized spacial score (nSPS) is 11.3. The van der Waals surface area contributed by atoms with Crippen molar-refractivity contribution in [3.05, 3.63) is 66.0 Å². The molecule has 0 radical (unpaired) electrons. The number of para-hydroxylation sites is 1. The fourth-order valence-corrected chi connectivity index (χ4v) is 2.42. The van der Waals surface area contributed by atoms with Gasteiger partial charge in [0.2, 0.25) is 0 Å². The SMILES string of the molecule is COc1ccc(O)c(/C(C)=N/NC(=O)c2nn(-c3ccccc3)cc2O)c1. The molecular formula is C19H18N4O4. The fraction of sp³-hybridized carbons (Fsp3) is 0.105. The van der Waals surface area contributed by atoms with Crippen LogP contribution in [0.15, 0.2) is 59.8 Å². The molecule has 0 aliphatic rings. The van der Waals surface area contributed by atoms with Crippen molar-refractivity contribution in [2.45, 2.75) is 6.92 Å². The van der Waals surface area contributed by atoms with Gasteiger partial charge in [-0.3, -0.25) is 4.79 Å². The van der Waals surface area contributed by atoms with Crippen LogP contribution in [0.4, 0.5) is 0 Å². The number of phenols is 1. The molecule has 2 aromatic carbocycles. The second kappa shape index (κ2) is 7.61. The van der Waals surface area contributed by atoms with Gasteiger partial charge in [0.15, 0.2) is 11.4 Å². The Morgan fingerprint density at radius 2 is 1.89 bits per heavy atom. The topological polar surface area (TPSA) is 109 Å². The van der Waals surface area contributed by atoms with Crippen LogP contribution in [0.2, 0.25) is 0 Å². The maximum atomic E-state index is 12.3. The van der Waals surface area contributed by atoms with Crippen molar-refractivity contribution < 1.29 is 19.7 Å². The van der Waals surface area contributed by atoms with Gasteiger partial charge in [0.25, 0.3) is 5.91 Å². The quantitative estimate of drug-likeness (QED) is 0.475. The molecule has 0 atom stereocenters. The largest absolute Gasteiger partial charge is 0.507 e. The van der Waals surface area contributed by atoms with Crippen molar-refractivity contribution in [2.75, 3.05) is 7.11 Å². The molecule has 0 aliphatic carbocycles. The highest BCUT2D eigenvalue weighted by molar-refractivity contribution is 6.03. The number of aromatic hydroxyl groups is 2. The lowest BCUT2D eigenvalue weighted by Gasteiger charge is -2.07. The lowest BCUT2D eigenvalue weighted by Crippen LogP contribution is -2.20. The highest BCUT2D eigenvalue weighted by atomic mass is 16.5. The summed E-state index contributed by atoms with van der Waals surface area (Å²) in [5, 5.41) is 28.0. The molecule has 3 N–H and O–H groups in total. The van der Waals surface area contributed by atoms with E-state index in [0.29, 0.717) is 22.7 Å². The first-order valence-corrected chi connectivity index (χ1v) is 8.05. The first kappa shape index (κ1) is 18.0. The predicted molar refractivity (Wildman–Crippen MR) is 99.6 cm³/mol. The second-order valence-electron chi connectivity index (χ2n) is 5.66. The minimum Gasteiger partial charge on any atom is -0.507 e. The van der Waals surface area contributed by atoms with E-state index in [4.69, 9.17) is 4.74 Å². The van der Waals surface area contributed by atoms with Crippen LogP contribution < -0.4 is 10.2 Å². The summed E-state index contributed by atoms with van der Waals surface area (Å²) in [6.07, 6.45) is 1.34. The standard InChI is InChI=1S/C19H18N4O4/c1-12(15-10-14(27-2)8-9-16(15)24)20-21-19(26)18-17(25)11-23(22-18)13-6-4-3-5-7-13/h3-11,24-25H,1-2H3,(H,21,26)/b20-12+. The molecule has 0 saturated carbocycles. The number of hydrogen-bond acceptors (Lipinski definition) is 6. The van der Waals surface area contributed by atoms with Crippen molar-refractivity contribution in [1.29, 1.82) is 0 Å². The number of nitrogens with one attached hydrogen (secondary N) is 1. The Hall–Kier alpha value is -3.81. The van der Waals surface area contributed by atoms with E-state index in [0.717, 1.165) is 0 Å². The molecule has 3 aromatic rings. The van der Waals surface area contributed by atoms with Crippen molar-refractivity contribution >= 4 is 11.6 Å². The monoisotopic (exact) mass is 366 g/mol. The summed E-state index contributed by atoms with van der Waals surface area (Å²) in [6, 6.07) is 13.8. The first-order valence-electron chi connectivity index (χ1n) is 8.05. The lowest BCUT2D eigenvalue weighted by molar-refractivity contribution is 0.0947. The van der Waals surface area contributed by atoms with Crippen molar-refractivity contribution in [2.24, 2.45) is 5.10 Å². The average Bonchev–Trinajstić information content (AvgIpc) is 3.08. The van der Waals surface area contributed by atoms with Gasteiger partial charge in [-0.05, 0) is 37.3 Å². The number of ether oxygens (including phenoxy) is 1. The number of aromatic nitrogens is 2. The Morgan fingerprint density at radius 1 is 1.15 bits per heavy atom. The molecule has 1 amide bonds. The number of nitrogens with zero attached hydrogens (tertiary/aromatic N) is 3. The number of hydrazone groups is 1. The summed E-state index contributed by atoms with van der Waals surface area (Å²) in [5.74, 6) is -0.400. The van der Waals surface area contributed by atoms with Gasteiger partial charge in [-0.25, -0.2) is 10.1 Å². The molecule has 8 heteroatoms. The van der Waals surface area contributed by atoms with E-state index in [2.05, 4.69) is 15.6 Å². The third kappa shape index (κ3) is 3.90. The maximum Gasteiger partial charge on any atom is 0.295 e. The van der Waals surface area contributed by atoms with E-state index < -0.39 is 5.91 Å². The number of methoxy groups -OCH3 is 1. The van der Waals surface area contributed by atoms with Crippen LogP contribution in [0.3, 0.4) is 0 Å². The average molecular weight is 366 g/mol. The molecular weight excluding hydrogens is 348 g/mol. The fourth-order valence-electron chi connectivity index (χ4n) is 2.42. The summed E-state index contributed by atoms with van der Waals surface area (Å²) < 4.78 is 6.51. The molecule has 27 heavy (non-hydrogen) atoms. The molecule has 0 fully saturated rings. The molecule has 3 rings (SSSR count). The number of amides is 1. The summed E-state index contributed by atoms with van der Waals surface area (Å²) in [6.45, 7) is 1.62. The molecule has 1 heterocycles. The predicted octanol–water partition coefficient (Wildman–Crippen LogP) is 2.45. The summed E-state index contributed by atoms with van der Waals surface area (Å²) >= 11 is 0. The Bertz CT molecular complexity index is 996.